The van der Waals surface area contributed by atoms with Crippen molar-refractivity contribution in [2.45, 2.75) is 0 Å². The molecule has 2 aromatic heterocycles. The van der Waals surface area contributed by atoms with Crippen LogP contribution in [0.2, 0.25) is 0 Å². The Morgan fingerprint density at radius 1 is 0.242 bits per heavy atom. The van der Waals surface area contributed by atoms with Crippen molar-refractivity contribution in [1.29, 1.82) is 0 Å². The second-order valence-electron chi connectivity index (χ2n) is 16.8. The van der Waals surface area contributed by atoms with Crippen molar-refractivity contribution in [3.63, 3.8) is 0 Å². The summed E-state index contributed by atoms with van der Waals surface area (Å²) in [5, 5.41) is 9.55. The molecular weight excluding hydrogens is 843 g/mol. The maximum Gasteiger partial charge on any atom is 0.171 e. The van der Waals surface area contributed by atoms with Crippen LogP contribution in [-0.2, 0) is 9.13 Å². The van der Waals surface area contributed by atoms with E-state index in [9.17, 15) is 0 Å². The normalized spacial score (nSPS) is 12.1. The van der Waals surface area contributed by atoms with E-state index >= 15 is 9.13 Å². The van der Waals surface area contributed by atoms with Gasteiger partial charge < -0.3 is 18.3 Å². The molecule has 2 heterocycles. The lowest BCUT2D eigenvalue weighted by Gasteiger charge is -2.20. The van der Waals surface area contributed by atoms with Gasteiger partial charge in [0.2, 0.25) is 0 Å². The van der Waals surface area contributed by atoms with Crippen LogP contribution in [0.1, 0.15) is 0 Å². The predicted octanol–water partition coefficient (Wildman–Crippen LogP) is 12.8. The molecule has 4 nitrogen and oxygen atoms in total. The number of aromatic nitrogens is 2. The second-order valence-corrected chi connectivity index (χ2v) is 22.3. The Bertz CT molecular complexity index is 3500. The Morgan fingerprint density at radius 2 is 0.515 bits per heavy atom. The van der Waals surface area contributed by atoms with Crippen molar-refractivity contribution >= 4 is 89.7 Å². The fraction of sp³-hybridized carbons (Fsp3) is 0. The van der Waals surface area contributed by atoms with Crippen molar-refractivity contribution in [3.05, 3.63) is 255 Å². The van der Waals surface area contributed by atoms with Crippen molar-refractivity contribution in [1.82, 2.24) is 9.13 Å². The highest BCUT2D eigenvalue weighted by molar-refractivity contribution is 7.85. The predicted molar refractivity (Wildman–Crippen MR) is 279 cm³/mol. The fourth-order valence-electron chi connectivity index (χ4n) is 9.93. The number of hydrogen-bond donors (Lipinski definition) is 0. The van der Waals surface area contributed by atoms with Gasteiger partial charge in [0.1, 0.15) is 0 Å². The fourth-order valence-corrected chi connectivity index (χ4v) is 15.2. The van der Waals surface area contributed by atoms with E-state index in [0.29, 0.717) is 0 Å². The number of rotatable bonds is 9. The third-order valence-electron chi connectivity index (χ3n) is 13.1. The molecule has 0 fully saturated rings. The molecule has 0 bridgehead atoms. The standard InChI is InChI=1S/C60H42N2O2P2/c63-65(47-17-5-1-6-18-47,48-19-7-2-8-20-48)51-35-31-45(32-36-51)61-57-27-15-13-25-53(57)55-41-43(29-39-59(55)61)44-30-40-60-56(42-44)54-26-14-16-28-58(54)62(60)46-33-37-52(38-34-46)66(64,49-21-9-3-10-22-49)50-23-11-4-12-24-50/h1-42H. The Labute approximate surface area is 383 Å². The SMILES string of the molecule is O=P(c1ccccc1)(c1ccccc1)c1ccc(-n2c3ccccc3c3cc(-c4ccc5c(c4)c4ccccc4n5-c4ccc(P(=O)(c5ccccc5)c5ccccc5)cc4)ccc32)cc1. The lowest BCUT2D eigenvalue weighted by Crippen LogP contribution is -2.24. The molecular formula is C60H42N2O2P2. The van der Waals surface area contributed by atoms with Gasteiger partial charge in [-0.1, -0.05) is 170 Å². The summed E-state index contributed by atoms with van der Waals surface area (Å²) in [5.41, 5.74) is 8.71. The first-order valence-electron chi connectivity index (χ1n) is 22.2. The highest BCUT2D eigenvalue weighted by atomic mass is 31.2. The van der Waals surface area contributed by atoms with Gasteiger partial charge in [-0.25, -0.2) is 0 Å². The van der Waals surface area contributed by atoms with E-state index in [0.717, 1.165) is 87.2 Å². The highest BCUT2D eigenvalue weighted by Gasteiger charge is 2.31. The summed E-state index contributed by atoms with van der Waals surface area (Å²) in [5.74, 6) is 0. The third-order valence-corrected chi connectivity index (χ3v) is 19.3. The summed E-state index contributed by atoms with van der Waals surface area (Å²) >= 11 is 0. The molecule has 0 unspecified atom stereocenters. The van der Waals surface area contributed by atoms with Crippen LogP contribution < -0.4 is 31.8 Å². The summed E-state index contributed by atoms with van der Waals surface area (Å²) in [4.78, 5) is 0. The molecule has 0 atom stereocenters. The van der Waals surface area contributed by atoms with Crippen molar-refractivity contribution < 1.29 is 9.13 Å². The minimum atomic E-state index is -3.11. The molecule has 66 heavy (non-hydrogen) atoms. The number of nitrogens with zero attached hydrogens (tertiary/aromatic N) is 2. The van der Waals surface area contributed by atoms with Crippen LogP contribution in [0, 0.1) is 0 Å². The van der Waals surface area contributed by atoms with E-state index < -0.39 is 14.3 Å². The zero-order valence-electron chi connectivity index (χ0n) is 35.9. The van der Waals surface area contributed by atoms with Gasteiger partial charge in [-0.15, -0.1) is 0 Å². The van der Waals surface area contributed by atoms with Crippen LogP contribution in [-0.4, -0.2) is 9.13 Å². The molecule has 10 aromatic carbocycles. The van der Waals surface area contributed by atoms with Crippen molar-refractivity contribution in [2.75, 3.05) is 0 Å². The molecule has 0 aliphatic rings. The molecule has 12 rings (SSSR count). The first-order chi connectivity index (χ1) is 32.5. The smallest absolute Gasteiger partial charge is 0.171 e. The maximum atomic E-state index is 15.2. The van der Waals surface area contributed by atoms with E-state index in [-0.39, 0.29) is 0 Å². The maximum absolute atomic E-state index is 15.2. The first kappa shape index (κ1) is 39.8. The van der Waals surface area contributed by atoms with Gasteiger partial charge in [-0.05, 0) is 96.1 Å². The van der Waals surface area contributed by atoms with Crippen LogP contribution >= 0.6 is 14.3 Å². The van der Waals surface area contributed by atoms with Crippen LogP contribution in [0.25, 0.3) is 66.1 Å². The summed E-state index contributed by atoms with van der Waals surface area (Å²) in [6, 6.07) is 86.6. The van der Waals surface area contributed by atoms with E-state index in [4.69, 9.17) is 0 Å². The lowest BCUT2D eigenvalue weighted by molar-refractivity contribution is 0.591. The molecule has 0 aliphatic carbocycles. The molecule has 0 saturated carbocycles. The highest BCUT2D eigenvalue weighted by Crippen LogP contribution is 2.45. The van der Waals surface area contributed by atoms with Gasteiger partial charge in [-0.2, -0.15) is 0 Å². The third kappa shape index (κ3) is 6.37. The van der Waals surface area contributed by atoms with Crippen molar-refractivity contribution in [3.8, 4) is 22.5 Å². The Kier molecular flexibility index (Phi) is 9.68. The summed E-state index contributed by atoms with van der Waals surface area (Å²) in [7, 11) is -6.22. The van der Waals surface area contributed by atoms with Crippen LogP contribution in [0.3, 0.4) is 0 Å². The molecule has 0 saturated heterocycles. The molecule has 0 aliphatic heterocycles. The summed E-state index contributed by atoms with van der Waals surface area (Å²) < 4.78 is 34.9. The summed E-state index contributed by atoms with van der Waals surface area (Å²) in [6.07, 6.45) is 0. The van der Waals surface area contributed by atoms with E-state index in [1.807, 2.05) is 146 Å². The minimum Gasteiger partial charge on any atom is -0.309 e. The van der Waals surface area contributed by atoms with Crippen molar-refractivity contribution in [2.24, 2.45) is 0 Å². The topological polar surface area (TPSA) is 44.0 Å². The van der Waals surface area contributed by atoms with E-state index in [1.54, 1.807) is 0 Å². The van der Waals surface area contributed by atoms with Gasteiger partial charge in [0.05, 0.1) is 22.1 Å². The molecule has 0 amide bonds. The second kappa shape index (κ2) is 16.1. The Balaban J connectivity index is 0.934. The van der Waals surface area contributed by atoms with E-state index in [1.165, 1.54) is 10.8 Å². The molecule has 0 spiro atoms. The molecule has 0 N–H and O–H groups in total. The zero-order valence-corrected chi connectivity index (χ0v) is 37.6. The van der Waals surface area contributed by atoms with Crippen LogP contribution in [0.15, 0.2) is 255 Å². The molecule has 6 heteroatoms. The Morgan fingerprint density at radius 3 is 0.848 bits per heavy atom. The number of para-hydroxylation sites is 2. The van der Waals surface area contributed by atoms with Gasteiger partial charge in [-0.3, -0.25) is 0 Å². The molecule has 0 radical (unpaired) electrons. The first-order valence-corrected chi connectivity index (χ1v) is 25.6. The Hall–Kier alpha value is -7.74. The molecule has 314 valence electrons. The monoisotopic (exact) mass is 884 g/mol. The van der Waals surface area contributed by atoms with Gasteiger partial charge in [0.25, 0.3) is 0 Å². The molecule has 12 aromatic rings. The largest absolute Gasteiger partial charge is 0.309 e. The number of benzene rings is 10. The van der Waals surface area contributed by atoms with Crippen LogP contribution in [0.5, 0.6) is 0 Å². The zero-order chi connectivity index (χ0) is 44.2. The van der Waals surface area contributed by atoms with Gasteiger partial charge in [0.15, 0.2) is 14.3 Å². The summed E-state index contributed by atoms with van der Waals surface area (Å²) in [6.45, 7) is 0. The van der Waals surface area contributed by atoms with Crippen LogP contribution in [0.4, 0.5) is 0 Å². The van der Waals surface area contributed by atoms with Gasteiger partial charge in [0, 0.05) is 64.7 Å². The quantitative estimate of drug-likeness (QED) is 0.136. The average molecular weight is 885 g/mol. The van der Waals surface area contributed by atoms with Gasteiger partial charge >= 0.3 is 0 Å². The minimum absolute atomic E-state index is 0.803. The lowest BCUT2D eigenvalue weighted by atomic mass is 10.0. The number of hydrogen-bond acceptors (Lipinski definition) is 2. The van der Waals surface area contributed by atoms with E-state index in [2.05, 4.69) is 118 Å². The number of fused-ring (bicyclic) bond motifs is 6. The average Bonchev–Trinajstić information content (AvgIpc) is 3.91.